The molecular formula is C17H19N5O3. The van der Waals surface area contributed by atoms with Crippen LogP contribution in [0.2, 0.25) is 0 Å². The molecule has 0 aliphatic rings. The molecule has 1 amide bonds. The smallest absolute Gasteiger partial charge is 0.264 e. The number of benzene rings is 1. The lowest BCUT2D eigenvalue weighted by molar-refractivity contribution is -0.122. The Bertz CT molecular complexity index is 976. The van der Waals surface area contributed by atoms with E-state index in [4.69, 9.17) is 4.74 Å². The first-order valence-electron chi connectivity index (χ1n) is 7.80. The Labute approximate surface area is 144 Å². The molecule has 0 unspecified atom stereocenters. The van der Waals surface area contributed by atoms with Gasteiger partial charge in [-0.1, -0.05) is 18.2 Å². The molecule has 3 rings (SSSR count). The lowest BCUT2D eigenvalue weighted by atomic mass is 10.1. The zero-order valence-corrected chi connectivity index (χ0v) is 14.3. The van der Waals surface area contributed by atoms with Gasteiger partial charge in [0.05, 0.1) is 19.3 Å². The predicted octanol–water partition coefficient (Wildman–Crippen LogP) is 1.02. The second kappa shape index (κ2) is 6.76. The molecule has 8 heteroatoms. The van der Waals surface area contributed by atoms with Crippen molar-refractivity contribution in [2.75, 3.05) is 7.11 Å². The fourth-order valence-corrected chi connectivity index (χ4v) is 2.72. The van der Waals surface area contributed by atoms with Gasteiger partial charge in [0.1, 0.15) is 24.0 Å². The van der Waals surface area contributed by atoms with E-state index in [0.29, 0.717) is 16.8 Å². The van der Waals surface area contributed by atoms with E-state index < -0.39 is 0 Å². The van der Waals surface area contributed by atoms with Crippen molar-refractivity contribution in [2.24, 2.45) is 7.05 Å². The molecule has 1 N–H and O–H groups in total. The summed E-state index contributed by atoms with van der Waals surface area (Å²) in [6.45, 7) is 1.75. The molecule has 0 radical (unpaired) electrons. The number of nitrogens with zero attached hydrogens (tertiary/aromatic N) is 4. The van der Waals surface area contributed by atoms with E-state index in [1.165, 1.54) is 21.8 Å². The zero-order chi connectivity index (χ0) is 18.0. The molecule has 0 aliphatic heterocycles. The highest BCUT2D eigenvalue weighted by atomic mass is 16.5. The standard InChI is InChI=1S/C17H19N5O3/c1-11(12-6-4-5-7-14(12)25-3)20-15(23)9-22-10-18-16-13(17(22)24)8-19-21(16)2/h4-8,10-11H,9H2,1-3H3,(H,20,23)/t11-/m1/s1. The van der Waals surface area contributed by atoms with Gasteiger partial charge in [0.2, 0.25) is 5.91 Å². The van der Waals surface area contributed by atoms with Crippen molar-refractivity contribution in [3.63, 3.8) is 0 Å². The van der Waals surface area contributed by atoms with Gasteiger partial charge < -0.3 is 10.1 Å². The number of nitrogens with one attached hydrogen (secondary N) is 1. The van der Waals surface area contributed by atoms with Crippen LogP contribution in [0.4, 0.5) is 0 Å². The molecule has 0 aliphatic carbocycles. The quantitative estimate of drug-likeness (QED) is 0.748. The molecule has 1 atom stereocenters. The van der Waals surface area contributed by atoms with Crippen LogP contribution >= 0.6 is 0 Å². The molecule has 0 bridgehead atoms. The van der Waals surface area contributed by atoms with Crippen LogP contribution in [0.5, 0.6) is 5.75 Å². The number of ether oxygens (including phenoxy) is 1. The van der Waals surface area contributed by atoms with Crippen LogP contribution in [0.3, 0.4) is 0 Å². The molecule has 130 valence electrons. The lowest BCUT2D eigenvalue weighted by Crippen LogP contribution is -2.34. The van der Waals surface area contributed by atoms with Crippen molar-refractivity contribution < 1.29 is 9.53 Å². The maximum absolute atomic E-state index is 12.4. The fourth-order valence-electron chi connectivity index (χ4n) is 2.72. The number of carbonyl (C=O) groups is 1. The van der Waals surface area contributed by atoms with Crippen LogP contribution in [-0.2, 0) is 18.4 Å². The molecule has 0 spiro atoms. The van der Waals surface area contributed by atoms with E-state index in [0.717, 1.165) is 5.56 Å². The highest BCUT2D eigenvalue weighted by Gasteiger charge is 2.15. The summed E-state index contributed by atoms with van der Waals surface area (Å²) in [5, 5.41) is 7.27. The summed E-state index contributed by atoms with van der Waals surface area (Å²) < 4.78 is 8.10. The SMILES string of the molecule is COc1ccccc1[C@@H](C)NC(=O)Cn1cnc2c(cnn2C)c1=O. The largest absolute Gasteiger partial charge is 0.496 e. The van der Waals surface area contributed by atoms with Gasteiger partial charge in [-0.25, -0.2) is 4.98 Å². The number of aryl methyl sites for hydroxylation is 1. The molecular weight excluding hydrogens is 322 g/mol. The number of para-hydroxylation sites is 1. The van der Waals surface area contributed by atoms with E-state index in [2.05, 4.69) is 15.4 Å². The Morgan fingerprint density at radius 3 is 2.88 bits per heavy atom. The van der Waals surface area contributed by atoms with Gasteiger partial charge in [0.25, 0.3) is 5.56 Å². The molecule has 0 saturated heterocycles. The van der Waals surface area contributed by atoms with Crippen molar-refractivity contribution in [2.45, 2.75) is 19.5 Å². The average molecular weight is 341 g/mol. The molecule has 1 aromatic carbocycles. The molecule has 3 aromatic rings. The summed E-state index contributed by atoms with van der Waals surface area (Å²) in [5.74, 6) is 0.413. The number of hydrogen-bond donors (Lipinski definition) is 1. The fraction of sp³-hybridized carbons (Fsp3) is 0.294. The van der Waals surface area contributed by atoms with Crippen LogP contribution in [-0.4, -0.2) is 32.3 Å². The Morgan fingerprint density at radius 2 is 2.12 bits per heavy atom. The summed E-state index contributed by atoms with van der Waals surface area (Å²) in [6, 6.07) is 7.22. The number of fused-ring (bicyclic) bond motifs is 1. The second-order valence-electron chi connectivity index (χ2n) is 5.71. The molecule has 0 fully saturated rings. The van der Waals surface area contributed by atoms with Crippen molar-refractivity contribution in [1.29, 1.82) is 0 Å². The van der Waals surface area contributed by atoms with Crippen molar-refractivity contribution in [3.8, 4) is 5.75 Å². The minimum Gasteiger partial charge on any atom is -0.496 e. The third-order valence-corrected chi connectivity index (χ3v) is 4.02. The first-order valence-corrected chi connectivity index (χ1v) is 7.80. The third kappa shape index (κ3) is 3.23. The van der Waals surface area contributed by atoms with Crippen LogP contribution in [0, 0.1) is 0 Å². The molecule has 2 aromatic heterocycles. The van der Waals surface area contributed by atoms with Crippen molar-refractivity contribution in [3.05, 3.63) is 52.7 Å². The van der Waals surface area contributed by atoms with Crippen LogP contribution in [0.25, 0.3) is 11.0 Å². The first kappa shape index (κ1) is 16.7. The number of hydrogen-bond acceptors (Lipinski definition) is 5. The van der Waals surface area contributed by atoms with Crippen molar-refractivity contribution >= 4 is 16.9 Å². The van der Waals surface area contributed by atoms with E-state index in [1.54, 1.807) is 14.2 Å². The molecule has 8 nitrogen and oxygen atoms in total. The topological polar surface area (TPSA) is 91.0 Å². The van der Waals surface area contributed by atoms with E-state index in [1.807, 2.05) is 31.2 Å². The monoisotopic (exact) mass is 341 g/mol. The number of amides is 1. The first-order chi connectivity index (χ1) is 12.0. The van der Waals surface area contributed by atoms with Gasteiger partial charge >= 0.3 is 0 Å². The van der Waals surface area contributed by atoms with Gasteiger partial charge in [0.15, 0.2) is 5.65 Å². The highest BCUT2D eigenvalue weighted by molar-refractivity contribution is 5.77. The average Bonchev–Trinajstić information content (AvgIpc) is 2.99. The maximum atomic E-state index is 12.4. The Kier molecular flexibility index (Phi) is 4.51. The molecule has 0 saturated carbocycles. The summed E-state index contributed by atoms with van der Waals surface area (Å²) >= 11 is 0. The minimum absolute atomic E-state index is 0.115. The summed E-state index contributed by atoms with van der Waals surface area (Å²) in [6.07, 6.45) is 2.82. The second-order valence-corrected chi connectivity index (χ2v) is 5.71. The Morgan fingerprint density at radius 1 is 1.36 bits per heavy atom. The van der Waals surface area contributed by atoms with Crippen molar-refractivity contribution in [1.82, 2.24) is 24.6 Å². The molecule has 25 heavy (non-hydrogen) atoms. The number of methoxy groups -OCH3 is 1. The van der Waals surface area contributed by atoms with Gasteiger partial charge in [-0.2, -0.15) is 5.10 Å². The number of carbonyl (C=O) groups excluding carboxylic acids is 1. The summed E-state index contributed by atoms with van der Waals surface area (Å²) in [7, 11) is 3.29. The number of rotatable bonds is 5. The highest BCUT2D eigenvalue weighted by Crippen LogP contribution is 2.24. The summed E-state index contributed by atoms with van der Waals surface area (Å²) in [4.78, 5) is 28.9. The summed E-state index contributed by atoms with van der Waals surface area (Å²) in [5.41, 5.74) is 1.06. The van der Waals surface area contributed by atoms with E-state index in [9.17, 15) is 9.59 Å². The zero-order valence-electron chi connectivity index (χ0n) is 14.3. The third-order valence-electron chi connectivity index (χ3n) is 4.02. The Hall–Kier alpha value is -3.16. The van der Waals surface area contributed by atoms with Gasteiger partial charge in [-0.3, -0.25) is 18.8 Å². The maximum Gasteiger partial charge on any atom is 0.264 e. The van der Waals surface area contributed by atoms with Gasteiger partial charge in [0, 0.05) is 12.6 Å². The Balaban J connectivity index is 1.76. The van der Waals surface area contributed by atoms with Gasteiger partial charge in [-0.05, 0) is 13.0 Å². The lowest BCUT2D eigenvalue weighted by Gasteiger charge is -2.17. The van der Waals surface area contributed by atoms with Crippen LogP contribution < -0.4 is 15.6 Å². The number of aromatic nitrogens is 4. The van der Waals surface area contributed by atoms with Crippen LogP contribution in [0.15, 0.2) is 41.6 Å². The van der Waals surface area contributed by atoms with E-state index in [-0.39, 0.29) is 24.1 Å². The van der Waals surface area contributed by atoms with E-state index >= 15 is 0 Å². The van der Waals surface area contributed by atoms with Crippen LogP contribution in [0.1, 0.15) is 18.5 Å². The predicted molar refractivity (Wildman–Crippen MR) is 92.3 cm³/mol. The minimum atomic E-state index is -0.293. The normalized spacial score (nSPS) is 12.1. The molecule has 2 heterocycles. The van der Waals surface area contributed by atoms with Gasteiger partial charge in [-0.15, -0.1) is 0 Å².